The van der Waals surface area contributed by atoms with Crippen molar-refractivity contribution in [2.75, 3.05) is 5.32 Å². The molecule has 0 aliphatic carbocycles. The van der Waals surface area contributed by atoms with Gasteiger partial charge in [-0.3, -0.25) is 4.79 Å². The Morgan fingerprint density at radius 1 is 1.00 bits per heavy atom. The van der Waals surface area contributed by atoms with Gasteiger partial charge in [0.25, 0.3) is 5.91 Å². The fourth-order valence-electron chi connectivity index (χ4n) is 2.90. The molecule has 4 aromatic rings. The molecule has 4 rings (SSSR count). The standard InChI is InChI=1S/C24H18Cl2N2O2S/c1-15(30-22-12-9-18(25)13-20(22)26)23(29)27-19-10-7-16(8-11-19)21-14-31-24(28-21)17-5-3-2-4-6-17/h2-15H,1H3,(H,27,29). The van der Waals surface area contributed by atoms with Gasteiger partial charge in [-0.2, -0.15) is 0 Å². The van der Waals surface area contributed by atoms with Gasteiger partial charge in [0.1, 0.15) is 10.8 Å². The van der Waals surface area contributed by atoms with Gasteiger partial charge >= 0.3 is 0 Å². The summed E-state index contributed by atoms with van der Waals surface area (Å²) in [6.07, 6.45) is -0.731. The summed E-state index contributed by atoms with van der Waals surface area (Å²) in [6.45, 7) is 1.66. The molecule has 1 heterocycles. The van der Waals surface area contributed by atoms with Crippen molar-refractivity contribution in [2.45, 2.75) is 13.0 Å². The highest BCUT2D eigenvalue weighted by molar-refractivity contribution is 7.13. The minimum Gasteiger partial charge on any atom is -0.479 e. The van der Waals surface area contributed by atoms with E-state index in [1.807, 2.05) is 60.0 Å². The van der Waals surface area contributed by atoms with E-state index in [4.69, 9.17) is 32.9 Å². The van der Waals surface area contributed by atoms with E-state index < -0.39 is 6.10 Å². The van der Waals surface area contributed by atoms with Crippen molar-refractivity contribution >= 4 is 46.1 Å². The van der Waals surface area contributed by atoms with Crippen molar-refractivity contribution in [3.8, 4) is 27.6 Å². The van der Waals surface area contributed by atoms with Crippen LogP contribution in [0.25, 0.3) is 21.8 Å². The van der Waals surface area contributed by atoms with Gasteiger partial charge in [-0.15, -0.1) is 11.3 Å². The number of rotatable bonds is 6. The normalized spacial score (nSPS) is 11.7. The SMILES string of the molecule is CC(Oc1ccc(Cl)cc1Cl)C(=O)Nc1ccc(-c2csc(-c3ccccc3)n2)cc1. The summed E-state index contributed by atoms with van der Waals surface area (Å²) < 4.78 is 5.66. The molecule has 1 aromatic heterocycles. The summed E-state index contributed by atoms with van der Waals surface area (Å²) in [4.78, 5) is 17.2. The number of ether oxygens (including phenoxy) is 1. The Hall–Kier alpha value is -2.86. The summed E-state index contributed by atoms with van der Waals surface area (Å²) in [5, 5.41) is 6.71. The first-order valence-electron chi connectivity index (χ1n) is 9.53. The number of hydrogen-bond acceptors (Lipinski definition) is 4. The van der Waals surface area contributed by atoms with Gasteiger partial charge in [0.15, 0.2) is 6.10 Å². The zero-order chi connectivity index (χ0) is 21.8. The molecule has 0 spiro atoms. The molecule has 7 heteroatoms. The number of halogens is 2. The number of aromatic nitrogens is 1. The summed E-state index contributed by atoms with van der Waals surface area (Å²) in [7, 11) is 0. The minimum atomic E-state index is -0.731. The van der Waals surface area contributed by atoms with Crippen LogP contribution in [0, 0.1) is 0 Å². The Morgan fingerprint density at radius 2 is 1.74 bits per heavy atom. The largest absolute Gasteiger partial charge is 0.479 e. The van der Waals surface area contributed by atoms with E-state index in [-0.39, 0.29) is 5.91 Å². The van der Waals surface area contributed by atoms with Crippen LogP contribution < -0.4 is 10.1 Å². The second-order valence-corrected chi connectivity index (χ2v) is 8.51. The topological polar surface area (TPSA) is 51.2 Å². The van der Waals surface area contributed by atoms with Gasteiger partial charge in [0.2, 0.25) is 0 Å². The van der Waals surface area contributed by atoms with E-state index in [9.17, 15) is 4.79 Å². The number of benzene rings is 3. The van der Waals surface area contributed by atoms with Crippen molar-refractivity contribution in [2.24, 2.45) is 0 Å². The third-order valence-corrected chi connectivity index (χ3v) is 5.96. The Balaban J connectivity index is 1.40. The molecule has 4 nitrogen and oxygen atoms in total. The lowest BCUT2D eigenvalue weighted by Crippen LogP contribution is -2.30. The molecule has 1 amide bonds. The lowest BCUT2D eigenvalue weighted by molar-refractivity contribution is -0.122. The number of nitrogens with zero attached hydrogens (tertiary/aromatic N) is 1. The number of carbonyl (C=O) groups is 1. The van der Waals surface area contributed by atoms with Crippen molar-refractivity contribution in [1.29, 1.82) is 0 Å². The first-order valence-corrected chi connectivity index (χ1v) is 11.2. The maximum absolute atomic E-state index is 12.5. The van der Waals surface area contributed by atoms with Gasteiger partial charge in [-0.05, 0) is 37.3 Å². The lowest BCUT2D eigenvalue weighted by atomic mass is 10.1. The Bertz CT molecular complexity index is 1190. The van der Waals surface area contributed by atoms with Crippen LogP contribution in [0.2, 0.25) is 10.0 Å². The van der Waals surface area contributed by atoms with Crippen molar-refractivity contribution in [3.05, 3.63) is 88.2 Å². The van der Waals surface area contributed by atoms with E-state index in [1.165, 1.54) is 0 Å². The number of nitrogens with one attached hydrogen (secondary N) is 1. The predicted molar refractivity (Wildman–Crippen MR) is 128 cm³/mol. The van der Waals surface area contributed by atoms with E-state index >= 15 is 0 Å². The molecule has 1 atom stereocenters. The van der Waals surface area contributed by atoms with E-state index in [2.05, 4.69) is 5.32 Å². The zero-order valence-electron chi connectivity index (χ0n) is 16.5. The average molecular weight is 469 g/mol. The van der Waals surface area contributed by atoms with Crippen molar-refractivity contribution in [3.63, 3.8) is 0 Å². The zero-order valence-corrected chi connectivity index (χ0v) is 18.8. The molecule has 0 saturated carbocycles. The molecule has 0 fully saturated rings. The molecular weight excluding hydrogens is 451 g/mol. The van der Waals surface area contributed by atoms with Crippen LogP contribution in [0.5, 0.6) is 5.75 Å². The first-order chi connectivity index (χ1) is 15.0. The predicted octanol–water partition coefficient (Wildman–Crippen LogP) is 7.19. The quantitative estimate of drug-likeness (QED) is 0.325. The Kier molecular flexibility index (Phi) is 6.56. The second-order valence-electron chi connectivity index (χ2n) is 6.81. The third-order valence-electron chi connectivity index (χ3n) is 4.54. The molecule has 156 valence electrons. The maximum Gasteiger partial charge on any atom is 0.265 e. The summed E-state index contributed by atoms with van der Waals surface area (Å²) in [5.41, 5.74) is 3.65. The fourth-order valence-corrected chi connectivity index (χ4v) is 4.19. The van der Waals surface area contributed by atoms with Gasteiger partial charge in [-0.1, -0.05) is 65.7 Å². The van der Waals surface area contributed by atoms with Gasteiger partial charge in [-0.25, -0.2) is 4.98 Å². The third kappa shape index (κ3) is 5.25. The number of anilines is 1. The van der Waals surface area contributed by atoms with E-state index in [0.29, 0.717) is 21.5 Å². The molecule has 0 bridgehead atoms. The molecule has 0 radical (unpaired) electrons. The second kappa shape index (κ2) is 9.52. The summed E-state index contributed by atoms with van der Waals surface area (Å²) >= 11 is 13.6. The molecular formula is C24H18Cl2N2O2S. The van der Waals surface area contributed by atoms with Crippen molar-refractivity contribution < 1.29 is 9.53 Å². The minimum absolute atomic E-state index is 0.279. The molecule has 1 unspecified atom stereocenters. The van der Waals surface area contributed by atoms with Crippen LogP contribution in [-0.2, 0) is 4.79 Å². The van der Waals surface area contributed by atoms with Crippen molar-refractivity contribution in [1.82, 2.24) is 4.98 Å². The van der Waals surface area contributed by atoms with E-state index in [1.54, 1.807) is 36.5 Å². The summed E-state index contributed by atoms with van der Waals surface area (Å²) in [5.74, 6) is 0.126. The van der Waals surface area contributed by atoms with Crippen LogP contribution in [0.4, 0.5) is 5.69 Å². The number of hydrogen-bond donors (Lipinski definition) is 1. The summed E-state index contributed by atoms with van der Waals surface area (Å²) in [6, 6.07) is 22.5. The molecule has 1 N–H and O–H groups in total. The average Bonchev–Trinajstić information content (AvgIpc) is 3.27. The Labute approximate surface area is 194 Å². The smallest absolute Gasteiger partial charge is 0.265 e. The van der Waals surface area contributed by atoms with Crippen LogP contribution in [0.3, 0.4) is 0 Å². The number of thiazole rings is 1. The molecule has 0 saturated heterocycles. The van der Waals surface area contributed by atoms with Gasteiger partial charge in [0, 0.05) is 27.2 Å². The number of amides is 1. The number of carbonyl (C=O) groups excluding carboxylic acids is 1. The van der Waals surface area contributed by atoms with E-state index in [0.717, 1.165) is 21.8 Å². The van der Waals surface area contributed by atoms with Crippen LogP contribution in [0.15, 0.2) is 78.2 Å². The lowest BCUT2D eigenvalue weighted by Gasteiger charge is -2.16. The Morgan fingerprint density at radius 3 is 2.45 bits per heavy atom. The highest BCUT2D eigenvalue weighted by atomic mass is 35.5. The monoisotopic (exact) mass is 468 g/mol. The molecule has 0 aliphatic heterocycles. The van der Waals surface area contributed by atoms with Crippen LogP contribution >= 0.6 is 34.5 Å². The molecule has 0 aliphatic rings. The first kappa shape index (κ1) is 21.4. The van der Waals surface area contributed by atoms with Gasteiger partial charge < -0.3 is 10.1 Å². The molecule has 31 heavy (non-hydrogen) atoms. The maximum atomic E-state index is 12.5. The molecule has 3 aromatic carbocycles. The fraction of sp³-hybridized carbons (Fsp3) is 0.0833. The highest BCUT2D eigenvalue weighted by Crippen LogP contribution is 2.30. The highest BCUT2D eigenvalue weighted by Gasteiger charge is 2.17. The van der Waals surface area contributed by atoms with Gasteiger partial charge in [0.05, 0.1) is 10.7 Å². The van der Waals surface area contributed by atoms with Crippen LogP contribution in [-0.4, -0.2) is 17.0 Å². The van der Waals surface area contributed by atoms with Crippen LogP contribution in [0.1, 0.15) is 6.92 Å².